The fourth-order valence-electron chi connectivity index (χ4n) is 8.94. The standard InChI is InChI=1S/C29H44N2O8/c1-7-27(5)12-19(39-25(35)31-24(34)38-18-14-37-20-16(30)13-36-21(18)20)28(6)15(2)8-10-29(26(3,4)23(27)33)11-9-17(32)22(28)29/h7,15-16,18-23,33H,1,8-14,30H2,2-6H3,(H,31,34,35)/t15?,16-,18+,19+,20+,21+,22-,23-,27+,28-,29+/m0/s1. The molecule has 11 atom stereocenters. The normalized spacial score (nSPS) is 48.3. The topological polar surface area (TPSA) is 146 Å². The van der Waals surface area contributed by atoms with Gasteiger partial charge in [-0.2, -0.15) is 0 Å². The second-order valence-corrected chi connectivity index (χ2v) is 13.6. The Morgan fingerprint density at radius 3 is 2.46 bits per heavy atom. The van der Waals surface area contributed by atoms with E-state index in [-0.39, 0.29) is 42.8 Å². The summed E-state index contributed by atoms with van der Waals surface area (Å²) in [6.45, 7) is 14.7. The van der Waals surface area contributed by atoms with Crippen molar-refractivity contribution < 1.29 is 38.4 Å². The van der Waals surface area contributed by atoms with Crippen molar-refractivity contribution in [3.63, 3.8) is 0 Å². The Labute approximate surface area is 230 Å². The van der Waals surface area contributed by atoms with Gasteiger partial charge in [-0.05, 0) is 42.4 Å². The Hall–Kier alpha value is -2.01. The molecule has 0 radical (unpaired) electrons. The lowest BCUT2D eigenvalue weighted by atomic mass is 9.40. The number of ketones is 1. The summed E-state index contributed by atoms with van der Waals surface area (Å²) in [7, 11) is 0. The lowest BCUT2D eigenvalue weighted by Crippen LogP contribution is -2.66. The molecular weight excluding hydrogens is 504 g/mol. The molecule has 0 aromatic heterocycles. The molecule has 5 fully saturated rings. The first-order valence-corrected chi connectivity index (χ1v) is 14.2. The van der Waals surface area contributed by atoms with Crippen LogP contribution in [0.5, 0.6) is 0 Å². The van der Waals surface area contributed by atoms with Gasteiger partial charge in [0.1, 0.15) is 24.1 Å². The second kappa shape index (κ2) is 9.53. The number of hydrogen-bond acceptors (Lipinski definition) is 9. The van der Waals surface area contributed by atoms with Crippen molar-refractivity contribution in [3.8, 4) is 0 Å². The molecule has 2 heterocycles. The third-order valence-electron chi connectivity index (χ3n) is 11.5. The van der Waals surface area contributed by atoms with Crippen LogP contribution in [0.3, 0.4) is 0 Å². The Morgan fingerprint density at radius 2 is 1.77 bits per heavy atom. The summed E-state index contributed by atoms with van der Waals surface area (Å²) in [5, 5.41) is 14.0. The molecule has 0 spiro atoms. The quantitative estimate of drug-likeness (QED) is 0.453. The first-order chi connectivity index (χ1) is 18.2. The third-order valence-corrected chi connectivity index (χ3v) is 11.5. The van der Waals surface area contributed by atoms with E-state index in [9.17, 15) is 19.5 Å². The van der Waals surface area contributed by atoms with E-state index >= 15 is 0 Å². The Kier molecular flexibility index (Phi) is 6.97. The van der Waals surface area contributed by atoms with E-state index < -0.39 is 58.3 Å². The molecule has 2 bridgehead atoms. The van der Waals surface area contributed by atoms with Crippen molar-refractivity contribution in [1.29, 1.82) is 0 Å². The van der Waals surface area contributed by atoms with Gasteiger partial charge in [0.15, 0.2) is 6.10 Å². The van der Waals surface area contributed by atoms with Crippen LogP contribution in [0.15, 0.2) is 12.7 Å². The van der Waals surface area contributed by atoms with E-state index in [1.807, 2.05) is 13.8 Å². The maximum atomic E-state index is 13.6. The van der Waals surface area contributed by atoms with Gasteiger partial charge in [0.2, 0.25) is 0 Å². The molecule has 4 N–H and O–H groups in total. The van der Waals surface area contributed by atoms with Crippen LogP contribution in [0.2, 0.25) is 0 Å². The summed E-state index contributed by atoms with van der Waals surface area (Å²) in [4.78, 5) is 39.5. The molecule has 5 aliphatic rings. The number of nitrogens with two attached hydrogens (primary N) is 1. The maximum absolute atomic E-state index is 13.6. The van der Waals surface area contributed by atoms with Crippen LogP contribution in [-0.2, 0) is 23.7 Å². The van der Waals surface area contributed by atoms with E-state index in [4.69, 9.17) is 24.7 Å². The van der Waals surface area contributed by atoms with Crippen LogP contribution in [0.4, 0.5) is 9.59 Å². The molecule has 3 aliphatic carbocycles. The summed E-state index contributed by atoms with van der Waals surface area (Å²) >= 11 is 0. The molecular formula is C29H44N2O8. The van der Waals surface area contributed by atoms with E-state index in [2.05, 4.69) is 32.7 Å². The van der Waals surface area contributed by atoms with Gasteiger partial charge in [0.25, 0.3) is 0 Å². The summed E-state index contributed by atoms with van der Waals surface area (Å²) in [5.74, 6) is -0.154. The van der Waals surface area contributed by atoms with E-state index in [0.29, 0.717) is 19.4 Å². The number of hydrogen-bond donors (Lipinski definition) is 3. The predicted molar refractivity (Wildman–Crippen MR) is 141 cm³/mol. The molecule has 2 aliphatic heterocycles. The summed E-state index contributed by atoms with van der Waals surface area (Å²) in [6.07, 6.45) is -0.220. The van der Waals surface area contributed by atoms with Gasteiger partial charge in [-0.15, -0.1) is 6.58 Å². The molecule has 10 heteroatoms. The number of carbonyl (C=O) groups is 3. The molecule has 39 heavy (non-hydrogen) atoms. The van der Waals surface area contributed by atoms with Crippen molar-refractivity contribution in [2.75, 3.05) is 13.2 Å². The second-order valence-electron chi connectivity index (χ2n) is 13.6. The highest BCUT2D eigenvalue weighted by molar-refractivity contribution is 5.88. The lowest BCUT2D eigenvalue weighted by Gasteiger charge is -2.65. The van der Waals surface area contributed by atoms with E-state index in [1.54, 1.807) is 6.08 Å². The summed E-state index contributed by atoms with van der Waals surface area (Å²) in [6, 6.07) is -0.293. The van der Waals surface area contributed by atoms with Crippen LogP contribution in [0, 0.1) is 33.5 Å². The average Bonchev–Trinajstić information content (AvgIpc) is 3.56. The molecule has 218 valence electrons. The molecule has 1 unspecified atom stereocenters. The molecule has 0 aromatic carbocycles. The highest BCUT2D eigenvalue weighted by Gasteiger charge is 2.71. The fourth-order valence-corrected chi connectivity index (χ4v) is 8.94. The van der Waals surface area contributed by atoms with Crippen molar-refractivity contribution in [1.82, 2.24) is 5.32 Å². The SMILES string of the molecule is C=C[C@]1(C)C[C@@H](OC(=O)NC(=O)O[C@@H]2CO[C@H]3[C@@H]2OC[C@@H]3N)[C@]2(C)C(C)CC[C@]3(CCC(=O)[C@@H]23)C(C)(C)[C@@H]1O. The highest BCUT2D eigenvalue weighted by Crippen LogP contribution is 2.71. The van der Waals surface area contributed by atoms with E-state index in [0.717, 1.165) is 12.8 Å². The number of amides is 2. The smallest absolute Gasteiger partial charge is 0.417 e. The van der Waals surface area contributed by atoms with Gasteiger partial charge in [-0.1, -0.05) is 40.7 Å². The first-order valence-electron chi connectivity index (χ1n) is 14.2. The minimum absolute atomic E-state index is 0.0684. The van der Waals surface area contributed by atoms with Crippen LogP contribution < -0.4 is 11.1 Å². The number of imide groups is 1. The molecule has 2 saturated heterocycles. The average molecular weight is 549 g/mol. The zero-order chi connectivity index (χ0) is 28.5. The van der Waals surface area contributed by atoms with E-state index in [1.165, 1.54) is 0 Å². The number of ether oxygens (including phenoxy) is 4. The van der Waals surface area contributed by atoms with Crippen LogP contribution >= 0.6 is 0 Å². The molecule has 3 saturated carbocycles. The predicted octanol–water partition coefficient (Wildman–Crippen LogP) is 3.10. The van der Waals surface area contributed by atoms with Gasteiger partial charge in [0.05, 0.1) is 25.4 Å². The Morgan fingerprint density at radius 1 is 1.10 bits per heavy atom. The summed E-state index contributed by atoms with van der Waals surface area (Å²) < 4.78 is 22.7. The minimum Gasteiger partial charge on any atom is -0.445 e. The number of Topliss-reactive ketones (excluding diaryl/α,β-unsaturated/α-hetero) is 1. The monoisotopic (exact) mass is 548 g/mol. The van der Waals surface area contributed by atoms with Crippen LogP contribution in [0.1, 0.15) is 66.7 Å². The van der Waals surface area contributed by atoms with Gasteiger partial charge in [0, 0.05) is 23.2 Å². The zero-order valence-electron chi connectivity index (χ0n) is 23.7. The number of carbonyl (C=O) groups excluding carboxylic acids is 3. The van der Waals surface area contributed by atoms with Gasteiger partial charge < -0.3 is 29.8 Å². The van der Waals surface area contributed by atoms with Crippen LogP contribution in [0.25, 0.3) is 0 Å². The Balaban J connectivity index is 1.40. The fraction of sp³-hybridized carbons (Fsp3) is 0.828. The van der Waals surface area contributed by atoms with Crippen molar-refractivity contribution >= 4 is 18.0 Å². The highest BCUT2D eigenvalue weighted by atomic mass is 16.6. The lowest BCUT2D eigenvalue weighted by molar-refractivity contribution is -0.219. The van der Waals surface area contributed by atoms with Gasteiger partial charge in [-0.3, -0.25) is 4.79 Å². The van der Waals surface area contributed by atoms with Crippen molar-refractivity contribution in [2.45, 2.75) is 103 Å². The van der Waals surface area contributed by atoms with Crippen molar-refractivity contribution in [3.05, 3.63) is 12.7 Å². The minimum atomic E-state index is -0.968. The molecule has 10 nitrogen and oxygen atoms in total. The largest absolute Gasteiger partial charge is 0.445 e. The summed E-state index contributed by atoms with van der Waals surface area (Å²) in [5.41, 5.74) is 3.45. The molecule has 2 amide bonds. The number of nitrogens with one attached hydrogen (secondary N) is 1. The number of fused-ring (bicyclic) bond motifs is 1. The molecule has 5 rings (SSSR count). The van der Waals surface area contributed by atoms with Crippen molar-refractivity contribution in [2.24, 2.45) is 39.2 Å². The number of alkyl carbamates (subject to hydrolysis) is 2. The Bertz CT molecular complexity index is 1050. The first kappa shape index (κ1) is 28.5. The third kappa shape index (κ3) is 4.08. The number of aliphatic hydroxyl groups excluding tert-OH is 1. The molecule has 0 aromatic rings. The van der Waals surface area contributed by atoms with Gasteiger partial charge >= 0.3 is 12.2 Å². The van der Waals surface area contributed by atoms with Crippen LogP contribution in [-0.4, -0.2) is 72.9 Å². The van der Waals surface area contributed by atoms with Gasteiger partial charge in [-0.25, -0.2) is 14.9 Å². The maximum Gasteiger partial charge on any atom is 0.417 e. The number of aliphatic hydroxyl groups is 1. The number of rotatable bonds is 3. The zero-order valence-corrected chi connectivity index (χ0v) is 23.7.